The molecule has 0 fully saturated rings. The molecule has 146 valence electrons. The Kier molecular flexibility index (Phi) is 4.64. The molecule has 4 aromatic carbocycles. The Labute approximate surface area is 182 Å². The van der Waals surface area contributed by atoms with Crippen molar-refractivity contribution in [3.63, 3.8) is 0 Å². The lowest BCUT2D eigenvalue weighted by atomic mass is 9.98. The SMILES string of the molecule is COC(=O)c1ccccc1-c1cc2[nH]c3ccc(-c4ccccc4)cc3c2cc1Br. The molecule has 30 heavy (non-hydrogen) atoms. The second kappa shape index (κ2) is 7.47. The Balaban J connectivity index is 1.71. The van der Waals surface area contributed by atoms with Crippen molar-refractivity contribution in [2.75, 3.05) is 7.11 Å². The van der Waals surface area contributed by atoms with Crippen LogP contribution in [0.25, 0.3) is 44.1 Å². The van der Waals surface area contributed by atoms with E-state index in [1.54, 1.807) is 6.07 Å². The monoisotopic (exact) mass is 455 g/mol. The summed E-state index contributed by atoms with van der Waals surface area (Å²) >= 11 is 3.73. The first-order chi connectivity index (χ1) is 14.7. The molecule has 0 saturated carbocycles. The van der Waals surface area contributed by atoms with Gasteiger partial charge in [-0.15, -0.1) is 0 Å². The molecule has 0 unspecified atom stereocenters. The van der Waals surface area contributed by atoms with Crippen LogP contribution in [0.3, 0.4) is 0 Å². The lowest BCUT2D eigenvalue weighted by molar-refractivity contribution is 0.0601. The van der Waals surface area contributed by atoms with Crippen molar-refractivity contribution >= 4 is 43.7 Å². The number of rotatable bonds is 3. The van der Waals surface area contributed by atoms with Crippen molar-refractivity contribution in [3.05, 3.63) is 95.0 Å². The van der Waals surface area contributed by atoms with Crippen LogP contribution in [0.2, 0.25) is 0 Å². The number of hydrogen-bond acceptors (Lipinski definition) is 2. The number of ether oxygens (including phenoxy) is 1. The van der Waals surface area contributed by atoms with Crippen LogP contribution < -0.4 is 0 Å². The zero-order chi connectivity index (χ0) is 20.7. The first-order valence-electron chi connectivity index (χ1n) is 9.64. The first kappa shape index (κ1) is 18.6. The summed E-state index contributed by atoms with van der Waals surface area (Å²) in [6.07, 6.45) is 0. The van der Waals surface area contributed by atoms with Crippen LogP contribution in [-0.4, -0.2) is 18.1 Å². The number of esters is 1. The number of carbonyl (C=O) groups is 1. The molecule has 0 aliphatic rings. The predicted octanol–water partition coefficient (Wildman–Crippen LogP) is 7.20. The van der Waals surface area contributed by atoms with Gasteiger partial charge in [-0.25, -0.2) is 4.79 Å². The molecule has 0 radical (unpaired) electrons. The molecule has 0 saturated heterocycles. The summed E-state index contributed by atoms with van der Waals surface area (Å²) in [5.41, 5.74) is 6.79. The number of hydrogen-bond donors (Lipinski definition) is 1. The summed E-state index contributed by atoms with van der Waals surface area (Å²) in [6.45, 7) is 0. The number of aromatic amines is 1. The zero-order valence-corrected chi connectivity index (χ0v) is 17.9. The fourth-order valence-electron chi connectivity index (χ4n) is 3.94. The molecule has 1 N–H and O–H groups in total. The van der Waals surface area contributed by atoms with Crippen LogP contribution in [0, 0.1) is 0 Å². The van der Waals surface area contributed by atoms with Gasteiger partial charge in [0.1, 0.15) is 0 Å². The third-order valence-corrected chi connectivity index (χ3v) is 6.07. The van der Waals surface area contributed by atoms with Gasteiger partial charge in [0.05, 0.1) is 12.7 Å². The quantitative estimate of drug-likeness (QED) is 0.292. The van der Waals surface area contributed by atoms with Crippen molar-refractivity contribution in [2.45, 2.75) is 0 Å². The number of aromatic nitrogens is 1. The van der Waals surface area contributed by atoms with E-state index in [1.165, 1.54) is 23.6 Å². The zero-order valence-electron chi connectivity index (χ0n) is 16.3. The van der Waals surface area contributed by atoms with Gasteiger partial charge in [-0.3, -0.25) is 0 Å². The standard InChI is InChI=1S/C26H18BrNO2/c1-30-26(29)19-10-6-5-9-18(19)20-15-25-22(14-23(20)27)21-13-17(11-12-24(21)28-25)16-7-3-2-4-8-16/h2-15,28H,1H3. The normalized spacial score (nSPS) is 11.1. The number of H-pyrrole nitrogens is 1. The smallest absolute Gasteiger partial charge is 0.338 e. The highest BCUT2D eigenvalue weighted by Gasteiger charge is 2.17. The highest BCUT2D eigenvalue weighted by molar-refractivity contribution is 9.10. The summed E-state index contributed by atoms with van der Waals surface area (Å²) in [5, 5.41) is 2.30. The van der Waals surface area contributed by atoms with Crippen molar-refractivity contribution in [1.29, 1.82) is 0 Å². The maximum absolute atomic E-state index is 12.3. The number of carbonyl (C=O) groups excluding carboxylic acids is 1. The molecule has 1 aromatic heterocycles. The lowest BCUT2D eigenvalue weighted by Crippen LogP contribution is -2.03. The van der Waals surface area contributed by atoms with Crippen molar-refractivity contribution < 1.29 is 9.53 Å². The van der Waals surface area contributed by atoms with E-state index in [2.05, 4.69) is 75.5 Å². The Morgan fingerprint density at radius 3 is 2.30 bits per heavy atom. The van der Waals surface area contributed by atoms with E-state index >= 15 is 0 Å². The van der Waals surface area contributed by atoms with E-state index in [4.69, 9.17) is 4.74 Å². The minimum absolute atomic E-state index is 0.346. The van der Waals surface area contributed by atoms with Crippen molar-refractivity contribution in [3.8, 4) is 22.3 Å². The van der Waals surface area contributed by atoms with Gasteiger partial charge < -0.3 is 9.72 Å². The molecule has 4 heteroatoms. The average Bonchev–Trinajstić information content (AvgIpc) is 3.15. The molecule has 0 aliphatic heterocycles. The highest BCUT2D eigenvalue weighted by atomic mass is 79.9. The summed E-state index contributed by atoms with van der Waals surface area (Å²) in [6, 6.07) is 28.5. The molecule has 0 bridgehead atoms. The second-order valence-corrected chi connectivity index (χ2v) is 8.02. The Morgan fingerprint density at radius 2 is 1.50 bits per heavy atom. The van der Waals surface area contributed by atoms with Gasteiger partial charge in [0.15, 0.2) is 0 Å². The maximum atomic E-state index is 12.3. The number of fused-ring (bicyclic) bond motifs is 3. The van der Waals surface area contributed by atoms with Crippen LogP contribution >= 0.6 is 15.9 Å². The lowest BCUT2D eigenvalue weighted by Gasteiger charge is -2.10. The van der Waals surface area contributed by atoms with Crippen LogP contribution in [0.1, 0.15) is 10.4 Å². The molecule has 5 rings (SSSR count). The van der Waals surface area contributed by atoms with Crippen molar-refractivity contribution in [1.82, 2.24) is 4.98 Å². The van der Waals surface area contributed by atoms with Gasteiger partial charge in [-0.05, 0) is 52.6 Å². The van der Waals surface area contributed by atoms with Gasteiger partial charge in [-0.2, -0.15) is 0 Å². The topological polar surface area (TPSA) is 42.1 Å². The van der Waals surface area contributed by atoms with Crippen molar-refractivity contribution in [2.24, 2.45) is 0 Å². The van der Waals surface area contributed by atoms with Crippen LogP contribution in [-0.2, 0) is 4.74 Å². The number of halogens is 1. The Bertz CT molecular complexity index is 1400. The van der Waals surface area contributed by atoms with Crippen LogP contribution in [0.5, 0.6) is 0 Å². The molecule has 0 atom stereocenters. The van der Waals surface area contributed by atoms with Gasteiger partial charge in [0, 0.05) is 26.3 Å². The minimum Gasteiger partial charge on any atom is -0.465 e. The highest BCUT2D eigenvalue weighted by Crippen LogP contribution is 2.38. The molecule has 1 heterocycles. The molecule has 5 aromatic rings. The molecule has 0 amide bonds. The fourth-order valence-corrected chi connectivity index (χ4v) is 4.50. The van der Waals surface area contributed by atoms with Crippen LogP contribution in [0.15, 0.2) is 89.4 Å². The molecular weight excluding hydrogens is 438 g/mol. The van der Waals surface area contributed by atoms with E-state index in [0.29, 0.717) is 5.56 Å². The van der Waals surface area contributed by atoms with Gasteiger partial charge in [0.2, 0.25) is 0 Å². The first-order valence-corrected chi connectivity index (χ1v) is 10.4. The average molecular weight is 456 g/mol. The van der Waals surface area contributed by atoms with E-state index < -0.39 is 0 Å². The number of methoxy groups -OCH3 is 1. The van der Waals surface area contributed by atoms with Crippen LogP contribution in [0.4, 0.5) is 0 Å². The minimum atomic E-state index is -0.346. The number of nitrogens with one attached hydrogen (secondary N) is 1. The van der Waals surface area contributed by atoms with E-state index in [1.807, 2.05) is 24.3 Å². The van der Waals surface area contributed by atoms with E-state index in [-0.39, 0.29) is 5.97 Å². The summed E-state index contributed by atoms with van der Waals surface area (Å²) in [4.78, 5) is 15.8. The summed E-state index contributed by atoms with van der Waals surface area (Å²) in [5.74, 6) is -0.346. The summed E-state index contributed by atoms with van der Waals surface area (Å²) in [7, 11) is 1.40. The van der Waals surface area contributed by atoms with Gasteiger partial charge in [0.25, 0.3) is 0 Å². The Morgan fingerprint density at radius 1 is 0.767 bits per heavy atom. The third-order valence-electron chi connectivity index (χ3n) is 5.42. The summed E-state index contributed by atoms with van der Waals surface area (Å²) < 4.78 is 5.90. The second-order valence-electron chi connectivity index (χ2n) is 7.17. The largest absolute Gasteiger partial charge is 0.465 e. The molecular formula is C26H18BrNO2. The maximum Gasteiger partial charge on any atom is 0.338 e. The van der Waals surface area contributed by atoms with Gasteiger partial charge >= 0.3 is 5.97 Å². The fraction of sp³-hybridized carbons (Fsp3) is 0.0385. The third kappa shape index (κ3) is 3.10. The van der Waals surface area contributed by atoms with E-state index in [9.17, 15) is 4.79 Å². The van der Waals surface area contributed by atoms with E-state index in [0.717, 1.165) is 32.0 Å². The molecule has 3 nitrogen and oxygen atoms in total. The van der Waals surface area contributed by atoms with Gasteiger partial charge in [-0.1, -0.05) is 70.5 Å². The molecule has 0 aliphatic carbocycles. The molecule has 0 spiro atoms. The number of benzene rings is 4. The predicted molar refractivity (Wildman–Crippen MR) is 126 cm³/mol. The Hall–Kier alpha value is -3.37.